The molecule has 0 bridgehead atoms. The molecule has 1 aromatic rings. The van der Waals surface area contributed by atoms with Crippen LogP contribution in [0.15, 0.2) is 22.8 Å². The van der Waals surface area contributed by atoms with Crippen LogP contribution in [0, 0.1) is 11.8 Å². The molecule has 1 unspecified atom stereocenters. The molecular weight excluding hydrogens is 272 g/mol. The zero-order valence-electron chi connectivity index (χ0n) is 12.4. The van der Waals surface area contributed by atoms with Crippen LogP contribution >= 0.6 is 0 Å². The number of carboxylic acid groups (broad SMARTS) is 1. The Kier molecular flexibility index (Phi) is 4.88. The quantitative estimate of drug-likeness (QED) is 0.869. The summed E-state index contributed by atoms with van der Waals surface area (Å²) in [6.45, 7) is 4.59. The predicted octanol–water partition coefficient (Wildman–Crippen LogP) is 1.96. The number of carbonyl (C=O) groups is 2. The van der Waals surface area contributed by atoms with Gasteiger partial charge in [0.05, 0.1) is 12.2 Å². The Balaban J connectivity index is 1.77. The fourth-order valence-corrected chi connectivity index (χ4v) is 2.64. The van der Waals surface area contributed by atoms with E-state index in [1.54, 1.807) is 11.2 Å². The molecule has 1 aliphatic rings. The van der Waals surface area contributed by atoms with E-state index < -0.39 is 11.9 Å². The van der Waals surface area contributed by atoms with Crippen molar-refractivity contribution in [1.82, 2.24) is 10.2 Å². The first kappa shape index (κ1) is 15.4. The van der Waals surface area contributed by atoms with Crippen LogP contribution in [0.2, 0.25) is 0 Å². The van der Waals surface area contributed by atoms with Crippen molar-refractivity contribution in [3.8, 4) is 0 Å². The highest BCUT2D eigenvalue weighted by atomic mass is 16.4. The van der Waals surface area contributed by atoms with Crippen molar-refractivity contribution in [3.63, 3.8) is 0 Å². The lowest BCUT2D eigenvalue weighted by atomic mass is 9.99. The van der Waals surface area contributed by atoms with Gasteiger partial charge in [0.1, 0.15) is 5.76 Å². The van der Waals surface area contributed by atoms with Gasteiger partial charge in [-0.2, -0.15) is 0 Å². The molecule has 1 aliphatic heterocycles. The minimum absolute atomic E-state index is 0.00771. The van der Waals surface area contributed by atoms with Crippen molar-refractivity contribution in [2.45, 2.75) is 32.7 Å². The third-order valence-electron chi connectivity index (χ3n) is 3.99. The number of carboxylic acids is 1. The number of aryl methyl sites for hydroxylation is 1. The molecule has 116 valence electrons. The first-order valence-corrected chi connectivity index (χ1v) is 7.28. The summed E-state index contributed by atoms with van der Waals surface area (Å²) in [6.07, 6.45) is 3.18. The molecule has 1 fully saturated rings. The summed E-state index contributed by atoms with van der Waals surface area (Å²) < 4.78 is 5.25. The third-order valence-corrected chi connectivity index (χ3v) is 3.99. The smallest absolute Gasteiger partial charge is 0.317 e. The largest absolute Gasteiger partial charge is 0.481 e. The Bertz CT molecular complexity index is 486. The molecule has 2 rings (SSSR count). The summed E-state index contributed by atoms with van der Waals surface area (Å²) in [5, 5.41) is 12.0. The number of hydrogen-bond donors (Lipinski definition) is 2. The van der Waals surface area contributed by atoms with Crippen LogP contribution < -0.4 is 5.32 Å². The second-order valence-electron chi connectivity index (χ2n) is 5.80. The van der Waals surface area contributed by atoms with E-state index in [1.165, 1.54) is 0 Å². The van der Waals surface area contributed by atoms with E-state index in [4.69, 9.17) is 9.52 Å². The highest BCUT2D eigenvalue weighted by molar-refractivity contribution is 5.77. The fourth-order valence-electron chi connectivity index (χ4n) is 2.64. The van der Waals surface area contributed by atoms with Crippen LogP contribution in [0.1, 0.15) is 26.0 Å². The molecular formula is C15H22N2O4. The maximum Gasteiger partial charge on any atom is 0.317 e. The maximum absolute atomic E-state index is 12.1. The van der Waals surface area contributed by atoms with Crippen molar-refractivity contribution in [2.24, 2.45) is 11.8 Å². The summed E-state index contributed by atoms with van der Waals surface area (Å²) in [5.41, 5.74) is 0. The summed E-state index contributed by atoms with van der Waals surface area (Å²) in [7, 11) is 0. The van der Waals surface area contributed by atoms with Gasteiger partial charge in [0.2, 0.25) is 0 Å². The molecule has 2 N–H and O–H groups in total. The lowest BCUT2D eigenvalue weighted by molar-refractivity contribution is -0.142. The monoisotopic (exact) mass is 294 g/mol. The number of hydrogen-bond acceptors (Lipinski definition) is 3. The van der Waals surface area contributed by atoms with Crippen molar-refractivity contribution < 1.29 is 19.1 Å². The number of rotatable bonds is 5. The zero-order chi connectivity index (χ0) is 15.4. The van der Waals surface area contributed by atoms with Crippen LogP contribution in [0.25, 0.3) is 0 Å². The van der Waals surface area contributed by atoms with Crippen LogP contribution in [0.5, 0.6) is 0 Å². The van der Waals surface area contributed by atoms with E-state index in [-0.39, 0.29) is 24.5 Å². The Morgan fingerprint density at radius 3 is 2.86 bits per heavy atom. The second-order valence-corrected chi connectivity index (χ2v) is 5.80. The first-order valence-electron chi connectivity index (χ1n) is 7.28. The molecule has 0 spiro atoms. The lowest BCUT2D eigenvalue weighted by Crippen LogP contribution is -2.43. The maximum atomic E-state index is 12.1. The molecule has 0 aromatic carbocycles. The van der Waals surface area contributed by atoms with Crippen LogP contribution in [-0.2, 0) is 11.2 Å². The van der Waals surface area contributed by atoms with Gasteiger partial charge in [0.15, 0.2) is 0 Å². The Morgan fingerprint density at radius 1 is 1.52 bits per heavy atom. The summed E-state index contributed by atoms with van der Waals surface area (Å²) in [4.78, 5) is 24.8. The van der Waals surface area contributed by atoms with Crippen molar-refractivity contribution in [2.75, 3.05) is 13.1 Å². The molecule has 2 amide bonds. The number of nitrogens with one attached hydrogen (secondary N) is 1. The minimum atomic E-state index is -0.830. The van der Waals surface area contributed by atoms with E-state index in [0.717, 1.165) is 18.6 Å². The molecule has 6 nitrogen and oxygen atoms in total. The molecule has 1 saturated heterocycles. The summed E-state index contributed by atoms with van der Waals surface area (Å²) >= 11 is 0. The van der Waals surface area contributed by atoms with Gasteiger partial charge in [0, 0.05) is 25.6 Å². The van der Waals surface area contributed by atoms with E-state index in [1.807, 2.05) is 26.0 Å². The normalized spacial score (nSPS) is 23.0. The van der Waals surface area contributed by atoms with Gasteiger partial charge in [-0.1, -0.05) is 6.92 Å². The van der Waals surface area contributed by atoms with E-state index in [9.17, 15) is 9.59 Å². The number of nitrogens with zero attached hydrogens (tertiary/aromatic N) is 1. The van der Waals surface area contributed by atoms with Gasteiger partial charge < -0.3 is 19.7 Å². The number of amides is 2. The molecule has 6 heteroatoms. The number of likely N-dealkylation sites (tertiary alicyclic amines) is 1. The number of carbonyl (C=O) groups excluding carboxylic acids is 1. The molecule has 2 heterocycles. The van der Waals surface area contributed by atoms with E-state index in [2.05, 4.69) is 5.32 Å². The van der Waals surface area contributed by atoms with Gasteiger partial charge in [-0.05, 0) is 31.4 Å². The highest BCUT2D eigenvalue weighted by Gasteiger charge is 2.37. The van der Waals surface area contributed by atoms with Crippen LogP contribution in [0.3, 0.4) is 0 Å². The number of urea groups is 1. The SMILES string of the molecule is CC(CCc1ccco1)NC(=O)N1C[C@@H](C)[C@H](C(=O)O)C1. The van der Waals surface area contributed by atoms with Crippen LogP contribution in [0.4, 0.5) is 4.79 Å². The lowest BCUT2D eigenvalue weighted by Gasteiger charge is -2.20. The van der Waals surface area contributed by atoms with Gasteiger partial charge in [0.25, 0.3) is 0 Å². The average molecular weight is 294 g/mol. The van der Waals surface area contributed by atoms with Gasteiger partial charge >= 0.3 is 12.0 Å². The van der Waals surface area contributed by atoms with Gasteiger partial charge in [-0.3, -0.25) is 4.79 Å². The summed E-state index contributed by atoms with van der Waals surface area (Å²) in [6, 6.07) is 3.59. The Labute approximate surface area is 124 Å². The summed E-state index contributed by atoms with van der Waals surface area (Å²) in [5.74, 6) is -0.402. The first-order chi connectivity index (χ1) is 9.97. The second kappa shape index (κ2) is 6.65. The Hall–Kier alpha value is -1.98. The third kappa shape index (κ3) is 4.00. The van der Waals surface area contributed by atoms with Gasteiger partial charge in [-0.25, -0.2) is 4.79 Å². The van der Waals surface area contributed by atoms with E-state index >= 15 is 0 Å². The van der Waals surface area contributed by atoms with E-state index in [0.29, 0.717) is 6.54 Å². The van der Waals surface area contributed by atoms with Crippen molar-refractivity contribution in [1.29, 1.82) is 0 Å². The molecule has 0 saturated carbocycles. The van der Waals surface area contributed by atoms with Gasteiger partial charge in [-0.15, -0.1) is 0 Å². The highest BCUT2D eigenvalue weighted by Crippen LogP contribution is 2.23. The number of furan rings is 1. The molecule has 3 atom stereocenters. The zero-order valence-corrected chi connectivity index (χ0v) is 12.4. The Morgan fingerprint density at radius 2 is 2.29 bits per heavy atom. The predicted molar refractivity (Wildman–Crippen MR) is 76.9 cm³/mol. The molecule has 0 radical (unpaired) electrons. The molecule has 0 aliphatic carbocycles. The number of aliphatic carboxylic acids is 1. The van der Waals surface area contributed by atoms with Crippen molar-refractivity contribution in [3.05, 3.63) is 24.2 Å². The minimum Gasteiger partial charge on any atom is -0.481 e. The molecule has 21 heavy (non-hydrogen) atoms. The topological polar surface area (TPSA) is 82.8 Å². The fraction of sp³-hybridized carbons (Fsp3) is 0.600. The molecule has 1 aromatic heterocycles. The average Bonchev–Trinajstić information content (AvgIpc) is 3.05. The van der Waals surface area contributed by atoms with Crippen LogP contribution in [-0.4, -0.2) is 41.1 Å². The van der Waals surface area contributed by atoms with Crippen molar-refractivity contribution >= 4 is 12.0 Å². The standard InChI is InChI=1S/C15H22N2O4/c1-10-8-17(9-13(10)14(18)19)15(20)16-11(2)5-6-12-4-3-7-21-12/h3-4,7,10-11,13H,5-6,8-9H2,1-2H3,(H,16,20)(H,18,19)/t10-,11?,13-/m1/s1.